The molecule has 2 aromatic carbocycles. The maximum absolute atomic E-state index is 13.3. The summed E-state index contributed by atoms with van der Waals surface area (Å²) in [5.74, 6) is -1.04. The molecule has 5 heterocycles. The lowest BCUT2D eigenvalue weighted by Gasteiger charge is -2.34. The number of hydrogen-bond acceptors (Lipinski definition) is 10. The van der Waals surface area contributed by atoms with Crippen LogP contribution in [-0.4, -0.2) is 105 Å². The predicted molar refractivity (Wildman–Crippen MR) is 174 cm³/mol. The molecule has 18 heteroatoms. The predicted octanol–water partition coefficient (Wildman–Crippen LogP) is 3.84. The molecule has 0 bridgehead atoms. The Kier molecular flexibility index (Phi) is 9.82. The number of aliphatic carboxylic acids is 1. The summed E-state index contributed by atoms with van der Waals surface area (Å²) >= 11 is 6.34. The number of hydrogen-bond donors (Lipinski definition) is 5. The van der Waals surface area contributed by atoms with E-state index in [9.17, 15) is 27.9 Å². The van der Waals surface area contributed by atoms with E-state index >= 15 is 0 Å². The number of aliphatic hydroxyl groups is 1. The van der Waals surface area contributed by atoms with E-state index in [1.165, 1.54) is 6.20 Å². The number of ether oxygens (including phenoxy) is 3. The van der Waals surface area contributed by atoms with Crippen LogP contribution >= 0.6 is 11.6 Å². The molecule has 7 rings (SSSR count). The number of aromatic amines is 2. The molecule has 0 radical (unpaired) electrons. The zero-order chi connectivity index (χ0) is 35.7. The fourth-order valence-corrected chi connectivity index (χ4v) is 6.19. The van der Waals surface area contributed by atoms with Crippen molar-refractivity contribution in [1.82, 2.24) is 24.8 Å². The van der Waals surface area contributed by atoms with E-state index < -0.39 is 18.2 Å². The molecule has 5 N–H and O–H groups in total. The number of carbonyl (C=O) groups is 2. The third-order valence-corrected chi connectivity index (χ3v) is 8.87. The van der Waals surface area contributed by atoms with Crippen molar-refractivity contribution in [1.29, 1.82) is 0 Å². The first-order chi connectivity index (χ1) is 23.8. The quantitative estimate of drug-likeness (QED) is 0.178. The number of pyridine rings is 1. The first-order valence-electron chi connectivity index (χ1n) is 15.5. The number of benzene rings is 2. The lowest BCUT2D eigenvalue weighted by Crippen LogP contribution is -2.43. The van der Waals surface area contributed by atoms with Crippen molar-refractivity contribution in [3.8, 4) is 28.6 Å². The summed E-state index contributed by atoms with van der Waals surface area (Å²) in [4.78, 5) is 50.1. The number of carboxylic acids is 1. The number of carbonyl (C=O) groups excluding carboxylic acids is 1. The number of amides is 1. The van der Waals surface area contributed by atoms with Crippen molar-refractivity contribution in [2.45, 2.75) is 37.7 Å². The van der Waals surface area contributed by atoms with Gasteiger partial charge in [-0.2, -0.15) is 13.2 Å². The largest absolute Gasteiger partial charge is 0.490 e. The minimum atomic E-state index is -5.08. The molecule has 4 aromatic rings. The molecule has 0 unspecified atom stereocenters. The second kappa shape index (κ2) is 14.1. The lowest BCUT2D eigenvalue weighted by atomic mass is 10.0. The molecule has 50 heavy (non-hydrogen) atoms. The van der Waals surface area contributed by atoms with E-state index in [1.54, 1.807) is 18.2 Å². The highest BCUT2D eigenvalue weighted by atomic mass is 35.5. The number of anilines is 1. The Morgan fingerprint density at radius 3 is 2.66 bits per heavy atom. The number of aromatic nitrogens is 3. The summed E-state index contributed by atoms with van der Waals surface area (Å²) in [5, 5.41) is 21.2. The third kappa shape index (κ3) is 7.29. The molecular formula is C32H32ClF3N6O8. The maximum Gasteiger partial charge on any atom is 0.490 e. The van der Waals surface area contributed by atoms with Gasteiger partial charge in [0.05, 0.1) is 16.7 Å². The van der Waals surface area contributed by atoms with Gasteiger partial charge in [0.15, 0.2) is 11.5 Å². The number of imidazole rings is 1. The van der Waals surface area contributed by atoms with Gasteiger partial charge in [-0.3, -0.25) is 9.59 Å². The number of halogens is 4. The SMILES string of the molecule is CN1CCC(N2Cc3cc4[nH]c(-c5c(NC[C@@H](O)COc6ccc7c(c6Cl)OCO7)cc[nH]c5=O)nc4cc3C2=O)CC1.O=C(O)C(F)(F)F. The van der Waals surface area contributed by atoms with Gasteiger partial charge in [0.25, 0.3) is 11.5 Å². The fraction of sp³-hybridized carbons (Fsp3) is 0.375. The number of likely N-dealkylation sites (tertiary alicyclic amines) is 1. The Hall–Kier alpha value is -5.00. The maximum atomic E-state index is 13.3. The van der Waals surface area contributed by atoms with Crippen LogP contribution in [0.2, 0.25) is 5.02 Å². The van der Waals surface area contributed by atoms with Crippen LogP contribution in [0.4, 0.5) is 18.9 Å². The Morgan fingerprint density at radius 2 is 1.94 bits per heavy atom. The molecule has 1 fully saturated rings. The van der Waals surface area contributed by atoms with Gasteiger partial charge >= 0.3 is 12.1 Å². The number of aliphatic hydroxyl groups excluding tert-OH is 1. The molecule has 3 aliphatic heterocycles. The van der Waals surface area contributed by atoms with Crippen LogP contribution in [-0.2, 0) is 11.3 Å². The molecule has 266 valence electrons. The zero-order valence-electron chi connectivity index (χ0n) is 26.5. The Bertz CT molecular complexity index is 1980. The number of fused-ring (bicyclic) bond motifs is 3. The molecule has 14 nitrogen and oxygen atoms in total. The highest BCUT2D eigenvalue weighted by molar-refractivity contribution is 6.33. The van der Waals surface area contributed by atoms with Crippen LogP contribution in [0.25, 0.3) is 22.4 Å². The average molecular weight is 721 g/mol. The zero-order valence-corrected chi connectivity index (χ0v) is 27.2. The van der Waals surface area contributed by atoms with E-state index in [2.05, 4.69) is 32.2 Å². The van der Waals surface area contributed by atoms with E-state index in [1.807, 2.05) is 17.0 Å². The van der Waals surface area contributed by atoms with Crippen molar-refractivity contribution >= 4 is 40.2 Å². The van der Waals surface area contributed by atoms with Crippen molar-refractivity contribution in [3.05, 3.63) is 63.0 Å². The summed E-state index contributed by atoms with van der Waals surface area (Å²) in [6, 6.07) is 9.07. The highest BCUT2D eigenvalue weighted by Crippen LogP contribution is 2.44. The smallest absolute Gasteiger partial charge is 0.489 e. The molecule has 1 atom stereocenters. The lowest BCUT2D eigenvalue weighted by molar-refractivity contribution is -0.192. The standard InChI is InChI=1S/C30H31ClN6O6.C2HF3O2/c1-36-8-5-17(6-9-36)37-13-16-10-21-22(11-19(16)30(37)40)35-28(34-21)25-20(4-7-32-29(25)39)33-12-18(38)14-41-23-2-3-24-27(26(23)31)43-15-42-24;3-2(4,5)1(6)7/h2-4,7,10-11,17-18,38H,5-6,8-9,12-15H2,1H3,(H,34,35)(H2,32,33,39);(H,6,7)/t18-;/m1./s1. The Labute approximate surface area is 286 Å². The first-order valence-corrected chi connectivity index (χ1v) is 15.8. The van der Waals surface area contributed by atoms with Crippen molar-refractivity contribution in [2.75, 3.05) is 45.4 Å². The van der Waals surface area contributed by atoms with Gasteiger partial charge < -0.3 is 49.5 Å². The summed E-state index contributed by atoms with van der Waals surface area (Å²) < 4.78 is 48.1. The Balaban J connectivity index is 0.000000561. The topological polar surface area (TPSA) is 182 Å². The van der Waals surface area contributed by atoms with E-state index in [0.29, 0.717) is 51.9 Å². The van der Waals surface area contributed by atoms with Gasteiger partial charge in [-0.05, 0) is 68.9 Å². The number of rotatable bonds is 8. The van der Waals surface area contributed by atoms with Crippen molar-refractivity contribution in [2.24, 2.45) is 0 Å². The molecule has 2 aromatic heterocycles. The summed E-state index contributed by atoms with van der Waals surface area (Å²) in [7, 11) is 2.11. The van der Waals surface area contributed by atoms with Crippen LogP contribution in [0.3, 0.4) is 0 Å². The van der Waals surface area contributed by atoms with E-state index in [-0.39, 0.29) is 42.5 Å². The fourth-order valence-electron chi connectivity index (χ4n) is 5.93. The van der Waals surface area contributed by atoms with E-state index in [0.717, 1.165) is 37.0 Å². The van der Waals surface area contributed by atoms with Crippen LogP contribution in [0.5, 0.6) is 17.2 Å². The van der Waals surface area contributed by atoms with Gasteiger partial charge in [-0.1, -0.05) is 11.6 Å². The number of alkyl halides is 3. The van der Waals surface area contributed by atoms with Crippen LogP contribution in [0, 0.1) is 0 Å². The van der Waals surface area contributed by atoms with Crippen molar-refractivity contribution < 1.29 is 47.2 Å². The second-order valence-electron chi connectivity index (χ2n) is 11.9. The van der Waals surface area contributed by atoms with Crippen molar-refractivity contribution in [3.63, 3.8) is 0 Å². The van der Waals surface area contributed by atoms with Gasteiger partial charge in [0.2, 0.25) is 6.79 Å². The number of carboxylic acid groups (broad SMARTS) is 1. The third-order valence-electron chi connectivity index (χ3n) is 8.51. The molecule has 1 amide bonds. The number of H-pyrrole nitrogens is 2. The second-order valence-corrected chi connectivity index (χ2v) is 12.3. The minimum absolute atomic E-state index is 0.0363. The minimum Gasteiger partial charge on any atom is -0.489 e. The molecule has 3 aliphatic rings. The van der Waals surface area contributed by atoms with Crippen LogP contribution < -0.4 is 25.1 Å². The van der Waals surface area contributed by atoms with E-state index in [4.69, 9.17) is 35.7 Å². The molecule has 0 aliphatic carbocycles. The highest BCUT2D eigenvalue weighted by Gasteiger charge is 2.38. The number of piperidine rings is 1. The van der Waals surface area contributed by atoms with Gasteiger partial charge in [0.1, 0.15) is 34.9 Å². The number of nitrogens with one attached hydrogen (secondary N) is 3. The normalized spacial score (nSPS) is 16.6. The summed E-state index contributed by atoms with van der Waals surface area (Å²) in [5.41, 5.74) is 3.41. The van der Waals surface area contributed by atoms with Crippen LogP contribution in [0.15, 0.2) is 41.3 Å². The summed E-state index contributed by atoms with van der Waals surface area (Å²) in [6.45, 7) is 2.67. The molecule has 0 saturated carbocycles. The summed E-state index contributed by atoms with van der Waals surface area (Å²) in [6.07, 6.45) is -2.55. The first kappa shape index (κ1) is 34.8. The van der Waals surface area contributed by atoms with Gasteiger partial charge in [0, 0.05) is 30.9 Å². The molecule has 1 saturated heterocycles. The van der Waals surface area contributed by atoms with Crippen LogP contribution in [0.1, 0.15) is 28.8 Å². The van der Waals surface area contributed by atoms with Gasteiger partial charge in [-0.15, -0.1) is 0 Å². The van der Waals surface area contributed by atoms with Gasteiger partial charge in [-0.25, -0.2) is 9.78 Å². The monoisotopic (exact) mass is 720 g/mol. The number of nitrogens with zero attached hydrogens (tertiary/aromatic N) is 3. The molecule has 0 spiro atoms. The molecular weight excluding hydrogens is 689 g/mol. The average Bonchev–Trinajstić information content (AvgIpc) is 3.80. The Morgan fingerprint density at radius 1 is 1.20 bits per heavy atom.